The first kappa shape index (κ1) is 17.9. The molecule has 1 N–H and O–H groups in total. The van der Waals surface area contributed by atoms with E-state index >= 15 is 0 Å². The third kappa shape index (κ3) is 4.82. The highest BCUT2D eigenvalue weighted by molar-refractivity contribution is 7.84. The van der Waals surface area contributed by atoms with Crippen molar-refractivity contribution in [3.63, 3.8) is 0 Å². The van der Waals surface area contributed by atoms with E-state index in [1.54, 1.807) is 0 Å². The lowest BCUT2D eigenvalue weighted by atomic mass is 9.83. The van der Waals surface area contributed by atoms with Gasteiger partial charge in [0.1, 0.15) is 0 Å². The molecule has 4 heteroatoms. The van der Waals surface area contributed by atoms with Crippen LogP contribution >= 0.6 is 0 Å². The molecule has 1 saturated carbocycles. The van der Waals surface area contributed by atoms with Crippen LogP contribution in [0, 0.1) is 5.92 Å². The van der Waals surface area contributed by atoms with Crippen LogP contribution < -0.4 is 5.32 Å². The fraction of sp³-hybridized carbons (Fsp3) is 0.700. The SMILES string of the molecule is CC[C@@H]1CCCC[C@H]1Nc1cccc(C[S@](=O)C2CCOCC2)c1. The van der Waals surface area contributed by atoms with Gasteiger partial charge >= 0.3 is 0 Å². The third-order valence-electron chi connectivity index (χ3n) is 5.56. The molecule has 0 aromatic heterocycles. The fourth-order valence-corrected chi connectivity index (χ4v) is 5.53. The molecule has 1 heterocycles. The summed E-state index contributed by atoms with van der Waals surface area (Å²) in [5.41, 5.74) is 2.38. The summed E-state index contributed by atoms with van der Waals surface area (Å²) < 4.78 is 18.0. The van der Waals surface area contributed by atoms with Gasteiger partial charge in [-0.05, 0) is 49.3 Å². The van der Waals surface area contributed by atoms with Gasteiger partial charge in [0.2, 0.25) is 0 Å². The molecule has 0 bridgehead atoms. The Morgan fingerprint density at radius 2 is 1.96 bits per heavy atom. The molecule has 0 radical (unpaired) electrons. The van der Waals surface area contributed by atoms with E-state index in [4.69, 9.17) is 4.74 Å². The van der Waals surface area contributed by atoms with Crippen LogP contribution in [-0.4, -0.2) is 28.7 Å². The first-order chi connectivity index (χ1) is 11.8. The average Bonchev–Trinajstić information content (AvgIpc) is 2.63. The largest absolute Gasteiger partial charge is 0.382 e. The van der Waals surface area contributed by atoms with E-state index in [-0.39, 0.29) is 0 Å². The second kappa shape index (κ2) is 9.00. The standard InChI is InChI=1S/C20H31NO2S/c1-2-17-7-3-4-9-20(17)21-18-8-5-6-16(14-18)15-24(22)19-10-12-23-13-11-19/h5-6,8,14,17,19-21H,2-4,7,9-13,15H2,1H3/t17-,20-,24+/m1/s1. The van der Waals surface area contributed by atoms with E-state index in [9.17, 15) is 4.21 Å². The van der Waals surface area contributed by atoms with E-state index in [1.165, 1.54) is 43.4 Å². The molecule has 3 nitrogen and oxygen atoms in total. The molecule has 2 aliphatic rings. The van der Waals surface area contributed by atoms with Crippen molar-refractivity contribution < 1.29 is 8.95 Å². The van der Waals surface area contributed by atoms with E-state index in [1.807, 2.05) is 0 Å². The fourth-order valence-electron chi connectivity index (χ4n) is 4.07. The molecule has 2 fully saturated rings. The monoisotopic (exact) mass is 349 g/mol. The van der Waals surface area contributed by atoms with Gasteiger partial charge in [0.15, 0.2) is 0 Å². The maximum atomic E-state index is 12.6. The topological polar surface area (TPSA) is 38.3 Å². The smallest absolute Gasteiger partial charge is 0.0489 e. The predicted molar refractivity (Wildman–Crippen MR) is 102 cm³/mol. The lowest BCUT2D eigenvalue weighted by molar-refractivity contribution is 0.0992. The Labute approximate surface area is 149 Å². The van der Waals surface area contributed by atoms with Gasteiger partial charge in [-0.3, -0.25) is 4.21 Å². The van der Waals surface area contributed by atoms with Gasteiger partial charge in [-0.2, -0.15) is 0 Å². The molecule has 1 aliphatic carbocycles. The quantitative estimate of drug-likeness (QED) is 0.822. The number of benzene rings is 1. The summed E-state index contributed by atoms with van der Waals surface area (Å²) in [6, 6.07) is 9.17. The summed E-state index contributed by atoms with van der Waals surface area (Å²) >= 11 is 0. The summed E-state index contributed by atoms with van der Waals surface area (Å²) in [6.45, 7) is 3.83. The van der Waals surface area contributed by atoms with E-state index in [2.05, 4.69) is 36.5 Å². The highest BCUT2D eigenvalue weighted by atomic mass is 32.2. The molecule has 0 unspecified atom stereocenters. The summed E-state index contributed by atoms with van der Waals surface area (Å²) in [5.74, 6) is 1.46. The second-order valence-corrected chi connectivity index (χ2v) is 8.96. The number of hydrogen-bond acceptors (Lipinski definition) is 3. The molecule has 0 spiro atoms. The highest BCUT2D eigenvalue weighted by Gasteiger charge is 2.24. The molecule has 0 amide bonds. The van der Waals surface area contributed by atoms with Crippen LogP contribution in [0.4, 0.5) is 5.69 Å². The van der Waals surface area contributed by atoms with Crippen LogP contribution in [0.2, 0.25) is 0 Å². The Morgan fingerprint density at radius 3 is 2.75 bits per heavy atom. The molecule has 1 aromatic carbocycles. The number of nitrogens with one attached hydrogen (secondary N) is 1. The molecule has 134 valence electrons. The normalized spacial score (nSPS) is 26.9. The number of hydrogen-bond donors (Lipinski definition) is 1. The Kier molecular flexibility index (Phi) is 6.73. The van der Waals surface area contributed by atoms with Crippen LogP contribution in [-0.2, 0) is 21.3 Å². The summed E-state index contributed by atoms with van der Waals surface area (Å²) in [5, 5.41) is 4.06. The lowest BCUT2D eigenvalue weighted by Crippen LogP contribution is -2.31. The first-order valence-corrected chi connectivity index (χ1v) is 10.9. The van der Waals surface area contributed by atoms with Gasteiger partial charge < -0.3 is 10.1 Å². The van der Waals surface area contributed by atoms with Gasteiger partial charge in [0.05, 0.1) is 0 Å². The van der Waals surface area contributed by atoms with Crippen LogP contribution in [0.25, 0.3) is 0 Å². The molecule has 1 aliphatic heterocycles. The Balaban J connectivity index is 1.60. The number of ether oxygens (including phenoxy) is 1. The first-order valence-electron chi connectivity index (χ1n) is 9.56. The zero-order valence-corrected chi connectivity index (χ0v) is 15.7. The van der Waals surface area contributed by atoms with Crippen LogP contribution in [0.3, 0.4) is 0 Å². The Morgan fingerprint density at radius 1 is 1.17 bits per heavy atom. The Hall–Kier alpha value is -0.870. The van der Waals surface area contributed by atoms with Crippen LogP contribution in [0.5, 0.6) is 0 Å². The van der Waals surface area contributed by atoms with Crippen molar-refractivity contribution >= 4 is 16.5 Å². The third-order valence-corrected chi connectivity index (χ3v) is 7.39. The van der Waals surface area contributed by atoms with Gasteiger partial charge in [-0.1, -0.05) is 38.3 Å². The van der Waals surface area contributed by atoms with Crippen molar-refractivity contribution in [2.75, 3.05) is 18.5 Å². The molecule has 24 heavy (non-hydrogen) atoms. The molecule has 1 saturated heterocycles. The summed E-state index contributed by atoms with van der Waals surface area (Å²) in [7, 11) is -0.789. The molecular weight excluding hydrogens is 318 g/mol. The van der Waals surface area contributed by atoms with Crippen molar-refractivity contribution in [1.82, 2.24) is 0 Å². The Bertz CT molecular complexity index is 542. The molecule has 3 atom stereocenters. The van der Waals surface area contributed by atoms with Crippen molar-refractivity contribution in [3.8, 4) is 0 Å². The average molecular weight is 350 g/mol. The van der Waals surface area contributed by atoms with E-state index < -0.39 is 10.8 Å². The summed E-state index contributed by atoms with van der Waals surface area (Å²) in [6.07, 6.45) is 8.46. The van der Waals surface area contributed by atoms with Gasteiger partial charge in [-0.25, -0.2) is 0 Å². The number of rotatable bonds is 6. The number of anilines is 1. The minimum Gasteiger partial charge on any atom is -0.382 e. The second-order valence-electron chi connectivity index (χ2n) is 7.24. The van der Waals surface area contributed by atoms with Crippen LogP contribution in [0.15, 0.2) is 24.3 Å². The summed E-state index contributed by atoms with van der Waals surface area (Å²) in [4.78, 5) is 0. The molecule has 1 aromatic rings. The maximum Gasteiger partial charge on any atom is 0.0489 e. The van der Waals surface area contributed by atoms with Crippen molar-refractivity contribution in [1.29, 1.82) is 0 Å². The van der Waals surface area contributed by atoms with Crippen molar-refractivity contribution in [2.24, 2.45) is 5.92 Å². The lowest BCUT2D eigenvalue weighted by Gasteiger charge is -2.32. The minimum absolute atomic E-state index is 0.304. The highest BCUT2D eigenvalue weighted by Crippen LogP contribution is 2.29. The van der Waals surface area contributed by atoms with Crippen LogP contribution in [0.1, 0.15) is 57.4 Å². The van der Waals surface area contributed by atoms with Crippen molar-refractivity contribution in [3.05, 3.63) is 29.8 Å². The van der Waals surface area contributed by atoms with Crippen molar-refractivity contribution in [2.45, 2.75) is 68.9 Å². The molecule has 3 rings (SSSR count). The van der Waals surface area contributed by atoms with Gasteiger partial charge in [0, 0.05) is 46.7 Å². The van der Waals surface area contributed by atoms with E-state index in [0.717, 1.165) is 32.0 Å². The van der Waals surface area contributed by atoms with E-state index in [0.29, 0.717) is 17.0 Å². The van der Waals surface area contributed by atoms with Gasteiger partial charge in [0.25, 0.3) is 0 Å². The zero-order chi connectivity index (χ0) is 16.8. The predicted octanol–water partition coefficient (Wildman–Crippen LogP) is 4.50. The minimum atomic E-state index is -0.789. The molecular formula is C20H31NO2S. The zero-order valence-electron chi connectivity index (χ0n) is 14.8. The van der Waals surface area contributed by atoms with Gasteiger partial charge in [-0.15, -0.1) is 0 Å². The maximum absolute atomic E-state index is 12.6.